The lowest BCUT2D eigenvalue weighted by molar-refractivity contribution is -0.159. The van der Waals surface area contributed by atoms with Gasteiger partial charge in [0.1, 0.15) is 6.10 Å². The molecule has 0 aliphatic carbocycles. The number of esters is 1. The number of hydrogen-bond acceptors (Lipinski definition) is 5. The van der Waals surface area contributed by atoms with Gasteiger partial charge in [-0.2, -0.15) is 8.78 Å². The van der Waals surface area contributed by atoms with Crippen LogP contribution in [0, 0.1) is 0 Å². The molecule has 3 saturated heterocycles. The second kappa shape index (κ2) is 5.54. The predicted octanol–water partition coefficient (Wildman–Crippen LogP) is 0.390. The number of ether oxygens (including phenoxy) is 2. The monoisotopic (exact) mass is 290 g/mol. The molecule has 1 N–H and O–H groups in total. The summed E-state index contributed by atoms with van der Waals surface area (Å²) in [6.07, 6.45) is 1.25. The summed E-state index contributed by atoms with van der Waals surface area (Å²) in [7, 11) is 0. The molecule has 3 aliphatic rings. The molecule has 3 fully saturated rings. The molecule has 0 bridgehead atoms. The lowest BCUT2D eigenvalue weighted by Crippen LogP contribution is -2.50. The van der Waals surface area contributed by atoms with Crippen LogP contribution in [0.25, 0.3) is 0 Å². The summed E-state index contributed by atoms with van der Waals surface area (Å²) in [6.45, 7) is 3.62. The largest absolute Gasteiger partial charge is 0.456 e. The molecule has 0 saturated carbocycles. The Morgan fingerprint density at radius 2 is 2.15 bits per heavy atom. The fourth-order valence-electron chi connectivity index (χ4n) is 3.18. The third kappa shape index (κ3) is 2.94. The first-order valence-electron chi connectivity index (χ1n) is 7.20. The van der Waals surface area contributed by atoms with E-state index in [-0.39, 0.29) is 12.6 Å². The first-order chi connectivity index (χ1) is 9.54. The number of morpholine rings is 1. The number of halogens is 2. The summed E-state index contributed by atoms with van der Waals surface area (Å²) in [4.78, 5) is 13.3. The smallest absolute Gasteiger partial charge is 0.377 e. The summed E-state index contributed by atoms with van der Waals surface area (Å²) < 4.78 is 36.4. The summed E-state index contributed by atoms with van der Waals surface area (Å²) in [6, 6.07) is 0.556. The van der Waals surface area contributed by atoms with Crippen molar-refractivity contribution in [2.24, 2.45) is 0 Å². The fraction of sp³-hybridized carbons (Fsp3) is 0.923. The van der Waals surface area contributed by atoms with Gasteiger partial charge in [-0.05, 0) is 19.4 Å². The van der Waals surface area contributed by atoms with Gasteiger partial charge in [-0.15, -0.1) is 0 Å². The van der Waals surface area contributed by atoms with Crippen LogP contribution in [-0.2, 0) is 14.3 Å². The van der Waals surface area contributed by atoms with Crippen molar-refractivity contribution in [3.05, 3.63) is 0 Å². The number of cyclic esters (lactones) is 1. The Labute approximate surface area is 116 Å². The van der Waals surface area contributed by atoms with E-state index in [1.165, 1.54) is 12.8 Å². The van der Waals surface area contributed by atoms with E-state index in [1.54, 1.807) is 0 Å². The van der Waals surface area contributed by atoms with Crippen molar-refractivity contribution in [3.8, 4) is 0 Å². The van der Waals surface area contributed by atoms with Gasteiger partial charge in [0.25, 0.3) is 0 Å². The maximum absolute atomic E-state index is 13.0. The number of carbonyl (C=O) groups is 1. The van der Waals surface area contributed by atoms with E-state index in [2.05, 4.69) is 15.0 Å². The molecule has 3 aliphatic heterocycles. The van der Waals surface area contributed by atoms with Gasteiger partial charge in [-0.3, -0.25) is 4.90 Å². The van der Waals surface area contributed by atoms with Crippen molar-refractivity contribution >= 4 is 5.97 Å². The van der Waals surface area contributed by atoms with Crippen LogP contribution in [0.1, 0.15) is 19.3 Å². The highest BCUT2D eigenvalue weighted by atomic mass is 19.3. The van der Waals surface area contributed by atoms with Gasteiger partial charge in [0.15, 0.2) is 0 Å². The minimum atomic E-state index is -3.32. The maximum Gasteiger partial charge on any atom is 0.377 e. The molecule has 0 aromatic carbocycles. The Balaban J connectivity index is 1.37. The number of rotatable bonds is 4. The number of hydrogen-bond donors (Lipinski definition) is 1. The molecule has 3 heterocycles. The summed E-state index contributed by atoms with van der Waals surface area (Å²) in [5, 5.41) is 3.07. The maximum atomic E-state index is 13.0. The van der Waals surface area contributed by atoms with Crippen LogP contribution in [0.15, 0.2) is 0 Å². The fourth-order valence-corrected chi connectivity index (χ4v) is 3.18. The zero-order valence-electron chi connectivity index (χ0n) is 11.3. The molecule has 3 atom stereocenters. The van der Waals surface area contributed by atoms with Crippen LogP contribution < -0.4 is 5.32 Å². The van der Waals surface area contributed by atoms with Crippen molar-refractivity contribution in [2.45, 2.75) is 43.4 Å². The van der Waals surface area contributed by atoms with Gasteiger partial charge >= 0.3 is 11.9 Å². The second-order valence-electron chi connectivity index (χ2n) is 5.84. The van der Waals surface area contributed by atoms with E-state index in [1.807, 2.05) is 0 Å². The molecule has 5 nitrogen and oxygen atoms in total. The van der Waals surface area contributed by atoms with E-state index in [4.69, 9.17) is 4.74 Å². The number of carbonyl (C=O) groups excluding carboxylic acids is 1. The molecule has 0 aromatic heterocycles. The topological polar surface area (TPSA) is 50.8 Å². The molecule has 3 unspecified atom stereocenters. The van der Waals surface area contributed by atoms with Gasteiger partial charge in [0.2, 0.25) is 0 Å². The van der Waals surface area contributed by atoms with Gasteiger partial charge in [0.05, 0.1) is 19.1 Å². The quantitative estimate of drug-likeness (QED) is 0.759. The Hall–Kier alpha value is -0.790. The molecule has 0 aromatic rings. The second-order valence-corrected chi connectivity index (χ2v) is 5.84. The molecule has 0 radical (unpaired) electrons. The lowest BCUT2D eigenvalue weighted by atomic mass is 10.1. The van der Waals surface area contributed by atoms with E-state index >= 15 is 0 Å². The number of nitrogens with one attached hydrogen (secondary N) is 1. The summed E-state index contributed by atoms with van der Waals surface area (Å²) >= 11 is 0. The first kappa shape index (κ1) is 14.2. The lowest BCUT2D eigenvalue weighted by Gasteiger charge is -2.35. The van der Waals surface area contributed by atoms with Gasteiger partial charge < -0.3 is 14.8 Å². The number of alkyl halides is 2. The molecule has 114 valence electrons. The van der Waals surface area contributed by atoms with Gasteiger partial charge in [-0.25, -0.2) is 4.79 Å². The standard InChI is InChI=1S/C13H20F2N2O3/c14-13(15)4-10(20-12(13)18)5-16-6-11-7-17-3-1-2-9(17)8-19-11/h9-11,16H,1-8H2. The van der Waals surface area contributed by atoms with E-state index < -0.39 is 24.4 Å². The molecular formula is C13H20F2N2O3. The zero-order valence-corrected chi connectivity index (χ0v) is 11.3. The molecule has 20 heavy (non-hydrogen) atoms. The van der Waals surface area contributed by atoms with Crippen LogP contribution in [0.2, 0.25) is 0 Å². The molecular weight excluding hydrogens is 270 g/mol. The third-order valence-corrected chi connectivity index (χ3v) is 4.26. The van der Waals surface area contributed by atoms with Crippen molar-refractivity contribution in [3.63, 3.8) is 0 Å². The number of fused-ring (bicyclic) bond motifs is 1. The summed E-state index contributed by atoms with van der Waals surface area (Å²) in [5.41, 5.74) is 0. The van der Waals surface area contributed by atoms with Gasteiger partial charge in [-0.1, -0.05) is 0 Å². The average Bonchev–Trinajstić information content (AvgIpc) is 2.94. The Bertz CT molecular complexity index is 381. The molecule has 0 spiro atoms. The first-order valence-corrected chi connectivity index (χ1v) is 7.20. The van der Waals surface area contributed by atoms with Crippen LogP contribution in [0.3, 0.4) is 0 Å². The van der Waals surface area contributed by atoms with Crippen LogP contribution >= 0.6 is 0 Å². The Morgan fingerprint density at radius 3 is 2.90 bits per heavy atom. The molecule has 0 amide bonds. The van der Waals surface area contributed by atoms with E-state index in [0.717, 1.165) is 19.7 Å². The van der Waals surface area contributed by atoms with Crippen molar-refractivity contribution in [1.29, 1.82) is 0 Å². The zero-order chi connectivity index (χ0) is 14.2. The number of nitrogens with zero attached hydrogens (tertiary/aromatic N) is 1. The minimum absolute atomic E-state index is 0.0852. The van der Waals surface area contributed by atoms with Crippen molar-refractivity contribution in [2.75, 3.05) is 32.8 Å². The average molecular weight is 290 g/mol. The highest BCUT2D eigenvalue weighted by Crippen LogP contribution is 2.30. The highest BCUT2D eigenvalue weighted by Gasteiger charge is 2.50. The van der Waals surface area contributed by atoms with Crippen LogP contribution in [0.5, 0.6) is 0 Å². The van der Waals surface area contributed by atoms with E-state index in [9.17, 15) is 13.6 Å². The molecule has 7 heteroatoms. The van der Waals surface area contributed by atoms with Crippen LogP contribution in [-0.4, -0.2) is 67.8 Å². The molecule has 3 rings (SSSR count). The van der Waals surface area contributed by atoms with Gasteiger partial charge in [0, 0.05) is 25.7 Å². The van der Waals surface area contributed by atoms with Crippen molar-refractivity contribution in [1.82, 2.24) is 10.2 Å². The van der Waals surface area contributed by atoms with Crippen LogP contribution in [0.4, 0.5) is 8.78 Å². The Morgan fingerprint density at radius 1 is 1.35 bits per heavy atom. The van der Waals surface area contributed by atoms with E-state index in [0.29, 0.717) is 12.6 Å². The highest BCUT2D eigenvalue weighted by molar-refractivity contribution is 5.79. The SMILES string of the molecule is O=C1OC(CNCC2CN3CCCC3CO2)CC1(F)F. The normalized spacial score (nSPS) is 36.9. The summed E-state index contributed by atoms with van der Waals surface area (Å²) in [5.74, 6) is -4.73. The predicted molar refractivity (Wildman–Crippen MR) is 66.6 cm³/mol. The Kier molecular flexibility index (Phi) is 3.92. The van der Waals surface area contributed by atoms with Crippen molar-refractivity contribution < 1.29 is 23.0 Å². The minimum Gasteiger partial charge on any atom is -0.456 e. The third-order valence-electron chi connectivity index (χ3n) is 4.26.